The van der Waals surface area contributed by atoms with Gasteiger partial charge in [0.2, 0.25) is 11.9 Å². The third kappa shape index (κ3) is 2.73. The van der Waals surface area contributed by atoms with E-state index in [1.165, 1.54) is 6.42 Å². The summed E-state index contributed by atoms with van der Waals surface area (Å²) in [6, 6.07) is 1.56. The lowest BCUT2D eigenvalue weighted by Gasteiger charge is -2.42. The van der Waals surface area contributed by atoms with Crippen molar-refractivity contribution in [1.82, 2.24) is 25.2 Å². The minimum atomic E-state index is -0.330. The quantitative estimate of drug-likeness (QED) is 0.735. The molecule has 0 bridgehead atoms. The van der Waals surface area contributed by atoms with E-state index in [9.17, 15) is 9.59 Å². The second-order valence-corrected chi connectivity index (χ2v) is 8.59. The molecule has 3 N–H and O–H groups in total. The Morgan fingerprint density at radius 3 is 2.86 bits per heavy atom. The summed E-state index contributed by atoms with van der Waals surface area (Å²) in [5, 5.41) is 10.1. The predicted octanol–water partition coefficient (Wildman–Crippen LogP) is 1.77. The summed E-state index contributed by atoms with van der Waals surface area (Å²) in [7, 11) is 0. The number of carbonyl (C=O) groups is 2. The zero-order chi connectivity index (χ0) is 19.3. The maximum absolute atomic E-state index is 12.5. The standard InChI is InChI=1S/C20H26N6O2/c1-12-7-14(17(27)21-9-12)24-19-22-10-13-8-15-18(28)23-11-20(5-3-2-4-6-20)26(15)16(13)25-19/h8,10,12,14H,2-7,9,11H2,1H3,(H,21,27)(H,23,28)(H,22,24,25)/t12-,14-/m1/s1. The van der Waals surface area contributed by atoms with Crippen LogP contribution in [0.3, 0.4) is 0 Å². The zero-order valence-corrected chi connectivity index (χ0v) is 16.1. The molecule has 2 amide bonds. The Hall–Kier alpha value is -2.64. The summed E-state index contributed by atoms with van der Waals surface area (Å²) < 4.78 is 2.15. The van der Waals surface area contributed by atoms with E-state index in [0.717, 1.165) is 43.1 Å². The third-order valence-corrected chi connectivity index (χ3v) is 6.49. The summed E-state index contributed by atoms with van der Waals surface area (Å²) in [5.74, 6) is 0.792. The van der Waals surface area contributed by atoms with Crippen molar-refractivity contribution >= 4 is 28.8 Å². The van der Waals surface area contributed by atoms with E-state index >= 15 is 0 Å². The van der Waals surface area contributed by atoms with Gasteiger partial charge in [0.1, 0.15) is 17.4 Å². The Bertz CT molecular complexity index is 946. The van der Waals surface area contributed by atoms with Gasteiger partial charge in [-0.25, -0.2) is 4.98 Å². The van der Waals surface area contributed by atoms with Crippen LogP contribution in [0, 0.1) is 5.92 Å². The molecule has 0 aromatic carbocycles. The molecule has 5 rings (SSSR count). The van der Waals surface area contributed by atoms with E-state index in [0.29, 0.717) is 30.6 Å². The SMILES string of the molecule is C[C@H]1CNC(=O)[C@H](Nc2ncc3cc4n(c3n2)C2(CCCCC2)CNC4=O)C1. The molecule has 8 nitrogen and oxygen atoms in total. The van der Waals surface area contributed by atoms with E-state index < -0.39 is 0 Å². The number of carbonyl (C=O) groups excluding carboxylic acids is 2. The number of piperidine rings is 1. The lowest BCUT2D eigenvalue weighted by Crippen LogP contribution is -2.52. The number of nitrogens with zero attached hydrogens (tertiary/aromatic N) is 3. The first kappa shape index (κ1) is 17.5. The van der Waals surface area contributed by atoms with Gasteiger partial charge in [-0.05, 0) is 31.2 Å². The first-order valence-electron chi connectivity index (χ1n) is 10.3. The highest BCUT2D eigenvalue weighted by Gasteiger charge is 2.41. The molecule has 1 saturated heterocycles. The highest BCUT2D eigenvalue weighted by molar-refractivity contribution is 5.99. The Labute approximate surface area is 163 Å². The number of hydrogen-bond acceptors (Lipinski definition) is 5. The fourth-order valence-corrected chi connectivity index (χ4v) is 5.00. The number of amides is 2. The molecule has 8 heteroatoms. The van der Waals surface area contributed by atoms with Gasteiger partial charge in [-0.15, -0.1) is 0 Å². The Morgan fingerprint density at radius 2 is 2.04 bits per heavy atom. The number of rotatable bonds is 2. The summed E-state index contributed by atoms with van der Waals surface area (Å²) in [6.45, 7) is 3.48. The van der Waals surface area contributed by atoms with Gasteiger partial charge in [0.25, 0.3) is 5.91 Å². The van der Waals surface area contributed by atoms with E-state index in [1.807, 2.05) is 6.07 Å². The molecule has 148 valence electrons. The third-order valence-electron chi connectivity index (χ3n) is 6.49. The number of anilines is 1. The molecule has 1 aliphatic carbocycles. The van der Waals surface area contributed by atoms with Crippen molar-refractivity contribution in [2.45, 2.75) is 57.0 Å². The van der Waals surface area contributed by atoms with Crippen LogP contribution >= 0.6 is 0 Å². The van der Waals surface area contributed by atoms with Gasteiger partial charge in [0.15, 0.2) is 0 Å². The van der Waals surface area contributed by atoms with Crippen LogP contribution in [0.4, 0.5) is 5.95 Å². The maximum Gasteiger partial charge on any atom is 0.268 e. The molecule has 4 heterocycles. The highest BCUT2D eigenvalue weighted by atomic mass is 16.2. The van der Waals surface area contributed by atoms with Crippen LogP contribution in [0.25, 0.3) is 11.0 Å². The van der Waals surface area contributed by atoms with Crippen molar-refractivity contribution in [2.24, 2.45) is 5.92 Å². The topological polar surface area (TPSA) is 101 Å². The van der Waals surface area contributed by atoms with Crippen molar-refractivity contribution < 1.29 is 9.59 Å². The molecule has 28 heavy (non-hydrogen) atoms. The van der Waals surface area contributed by atoms with Crippen LogP contribution in [0.1, 0.15) is 55.9 Å². The van der Waals surface area contributed by atoms with Gasteiger partial charge in [0, 0.05) is 24.7 Å². The Balaban J connectivity index is 1.55. The van der Waals surface area contributed by atoms with Crippen LogP contribution in [0.5, 0.6) is 0 Å². The zero-order valence-electron chi connectivity index (χ0n) is 16.1. The average Bonchev–Trinajstić information content (AvgIpc) is 3.09. The van der Waals surface area contributed by atoms with Crippen molar-refractivity contribution in [3.05, 3.63) is 18.0 Å². The highest BCUT2D eigenvalue weighted by Crippen LogP contribution is 2.40. The van der Waals surface area contributed by atoms with Gasteiger partial charge < -0.3 is 20.5 Å². The van der Waals surface area contributed by atoms with Crippen molar-refractivity contribution in [3.8, 4) is 0 Å². The van der Waals surface area contributed by atoms with Gasteiger partial charge in [-0.2, -0.15) is 4.98 Å². The predicted molar refractivity (Wildman–Crippen MR) is 105 cm³/mol. The van der Waals surface area contributed by atoms with Gasteiger partial charge in [-0.3, -0.25) is 9.59 Å². The number of fused-ring (bicyclic) bond motifs is 4. The normalized spacial score (nSPS) is 26.6. The van der Waals surface area contributed by atoms with E-state index in [4.69, 9.17) is 4.98 Å². The summed E-state index contributed by atoms with van der Waals surface area (Å²) in [4.78, 5) is 33.9. The van der Waals surface area contributed by atoms with Crippen LogP contribution < -0.4 is 16.0 Å². The monoisotopic (exact) mass is 382 g/mol. The Kier molecular flexibility index (Phi) is 4.03. The fraction of sp³-hybridized carbons (Fsp3) is 0.600. The van der Waals surface area contributed by atoms with Crippen molar-refractivity contribution in [2.75, 3.05) is 18.4 Å². The molecule has 2 aromatic heterocycles. The summed E-state index contributed by atoms with van der Waals surface area (Å²) in [5.41, 5.74) is 1.35. The second kappa shape index (κ2) is 6.46. The lowest BCUT2D eigenvalue weighted by molar-refractivity contribution is -0.123. The Morgan fingerprint density at radius 1 is 1.21 bits per heavy atom. The average molecular weight is 382 g/mol. The van der Waals surface area contributed by atoms with E-state index in [2.05, 4.69) is 32.4 Å². The second-order valence-electron chi connectivity index (χ2n) is 8.59. The molecule has 2 aromatic rings. The van der Waals surface area contributed by atoms with Crippen LogP contribution in [0.15, 0.2) is 12.3 Å². The largest absolute Gasteiger partial charge is 0.354 e. The molecule has 3 aliphatic rings. The molecule has 0 radical (unpaired) electrons. The van der Waals surface area contributed by atoms with Gasteiger partial charge in [0.05, 0.1) is 5.54 Å². The van der Waals surface area contributed by atoms with Crippen molar-refractivity contribution in [1.29, 1.82) is 0 Å². The first-order valence-corrected chi connectivity index (χ1v) is 10.3. The summed E-state index contributed by atoms with van der Waals surface area (Å²) >= 11 is 0. The maximum atomic E-state index is 12.5. The van der Waals surface area contributed by atoms with Crippen LogP contribution in [-0.2, 0) is 10.3 Å². The molecule has 2 atom stereocenters. The minimum absolute atomic E-state index is 0.0119. The molecule has 2 aliphatic heterocycles. The van der Waals surface area contributed by atoms with Crippen LogP contribution in [0.2, 0.25) is 0 Å². The van der Waals surface area contributed by atoms with Crippen LogP contribution in [-0.4, -0.2) is 45.5 Å². The smallest absolute Gasteiger partial charge is 0.268 e. The molecular weight excluding hydrogens is 356 g/mol. The fourth-order valence-electron chi connectivity index (χ4n) is 5.00. The van der Waals surface area contributed by atoms with Crippen molar-refractivity contribution in [3.63, 3.8) is 0 Å². The molecular formula is C20H26N6O2. The molecule has 1 spiro atoms. The first-order chi connectivity index (χ1) is 13.6. The molecule has 1 saturated carbocycles. The number of aromatic nitrogens is 3. The minimum Gasteiger partial charge on any atom is -0.354 e. The summed E-state index contributed by atoms with van der Waals surface area (Å²) in [6.07, 6.45) is 8.14. The van der Waals surface area contributed by atoms with Gasteiger partial charge >= 0.3 is 0 Å². The van der Waals surface area contributed by atoms with Gasteiger partial charge in [-0.1, -0.05) is 26.2 Å². The lowest BCUT2D eigenvalue weighted by atomic mass is 9.80. The van der Waals surface area contributed by atoms with E-state index in [-0.39, 0.29) is 23.4 Å². The molecule has 0 unspecified atom stereocenters. The van der Waals surface area contributed by atoms with E-state index in [1.54, 1.807) is 6.20 Å². The number of hydrogen-bond donors (Lipinski definition) is 3. The molecule has 2 fully saturated rings. The number of nitrogens with one attached hydrogen (secondary N) is 3.